The van der Waals surface area contributed by atoms with Gasteiger partial charge >= 0.3 is 6.09 Å². The maximum atomic E-state index is 12.7. The number of aliphatic hydroxyl groups is 2. The molecule has 0 aliphatic carbocycles. The van der Waals surface area contributed by atoms with Crippen LogP contribution in [-0.4, -0.2) is 54.9 Å². The van der Waals surface area contributed by atoms with E-state index in [4.69, 9.17) is 14.2 Å². The molecule has 2 N–H and O–H groups in total. The van der Waals surface area contributed by atoms with Gasteiger partial charge in [-0.1, -0.05) is 13.0 Å². The molecule has 1 aromatic rings. The van der Waals surface area contributed by atoms with Crippen molar-refractivity contribution >= 4 is 11.8 Å². The number of ether oxygens (including phenoxy) is 3. The second kappa shape index (κ2) is 11.9. The van der Waals surface area contributed by atoms with E-state index in [0.717, 1.165) is 6.42 Å². The van der Waals surface area contributed by atoms with Gasteiger partial charge in [0.1, 0.15) is 5.60 Å². The van der Waals surface area contributed by atoms with E-state index in [0.29, 0.717) is 43.2 Å². The highest BCUT2D eigenvalue weighted by atomic mass is 16.6. The van der Waals surface area contributed by atoms with E-state index in [9.17, 15) is 15.0 Å². The Labute approximate surface area is 161 Å². The van der Waals surface area contributed by atoms with Gasteiger partial charge in [-0.15, -0.1) is 0 Å². The summed E-state index contributed by atoms with van der Waals surface area (Å²) in [6.07, 6.45) is 0.452. The molecule has 0 aliphatic heterocycles. The van der Waals surface area contributed by atoms with Crippen molar-refractivity contribution in [3.8, 4) is 0 Å². The van der Waals surface area contributed by atoms with E-state index in [2.05, 4.69) is 0 Å². The van der Waals surface area contributed by atoms with Crippen molar-refractivity contribution in [1.29, 1.82) is 0 Å². The van der Waals surface area contributed by atoms with Gasteiger partial charge in [0.05, 0.1) is 39.6 Å². The van der Waals surface area contributed by atoms with Crippen LogP contribution < -0.4 is 4.90 Å². The van der Waals surface area contributed by atoms with Gasteiger partial charge < -0.3 is 24.4 Å². The molecular formula is C20H33NO6. The summed E-state index contributed by atoms with van der Waals surface area (Å²) in [7, 11) is 0. The molecule has 7 heteroatoms. The van der Waals surface area contributed by atoms with Gasteiger partial charge in [-0.2, -0.15) is 0 Å². The standard InChI is InChI=1S/C20H33NO6/c1-5-7-25-9-10-26-8-6-21(19(24)27-20(2,3)4)18-12-16(14-22)11-17(13-18)15-23/h11-13,22-23H,5-10,14-15H2,1-4H3. The molecule has 0 aliphatic rings. The van der Waals surface area contributed by atoms with Gasteiger partial charge in [0.25, 0.3) is 0 Å². The Morgan fingerprint density at radius 3 is 2.00 bits per heavy atom. The average molecular weight is 383 g/mol. The summed E-state index contributed by atoms with van der Waals surface area (Å²) >= 11 is 0. The Bertz CT molecular complexity index is 548. The summed E-state index contributed by atoms with van der Waals surface area (Å²) in [6, 6.07) is 5.10. The zero-order chi connectivity index (χ0) is 20.3. The first-order valence-electron chi connectivity index (χ1n) is 9.31. The van der Waals surface area contributed by atoms with E-state index >= 15 is 0 Å². The van der Waals surface area contributed by atoms with Crippen molar-refractivity contribution in [3.63, 3.8) is 0 Å². The third-order valence-corrected chi connectivity index (χ3v) is 3.51. The van der Waals surface area contributed by atoms with Crippen LogP contribution in [0.25, 0.3) is 0 Å². The second-order valence-corrected chi connectivity index (χ2v) is 7.18. The molecule has 0 unspecified atom stereocenters. The number of aliphatic hydroxyl groups excluding tert-OH is 2. The summed E-state index contributed by atoms with van der Waals surface area (Å²) in [6.45, 7) is 9.31. The summed E-state index contributed by atoms with van der Waals surface area (Å²) in [4.78, 5) is 14.1. The molecule has 0 spiro atoms. The van der Waals surface area contributed by atoms with E-state index in [-0.39, 0.29) is 19.8 Å². The summed E-state index contributed by atoms with van der Waals surface area (Å²) in [5.41, 5.74) is 1.13. The van der Waals surface area contributed by atoms with E-state index < -0.39 is 11.7 Å². The van der Waals surface area contributed by atoms with Gasteiger partial charge in [0.15, 0.2) is 0 Å². The summed E-state index contributed by atoms with van der Waals surface area (Å²) in [5, 5.41) is 18.9. The molecule has 0 bridgehead atoms. The minimum absolute atomic E-state index is 0.186. The predicted octanol–water partition coefficient (Wildman–Crippen LogP) is 2.86. The Balaban J connectivity index is 2.84. The van der Waals surface area contributed by atoms with Crippen LogP contribution in [0.5, 0.6) is 0 Å². The van der Waals surface area contributed by atoms with Crippen LogP contribution >= 0.6 is 0 Å². The lowest BCUT2D eigenvalue weighted by molar-refractivity contribution is 0.0447. The topological polar surface area (TPSA) is 88.5 Å². The molecule has 0 aromatic heterocycles. The van der Waals surface area contributed by atoms with E-state index in [1.807, 2.05) is 6.92 Å². The average Bonchev–Trinajstić information content (AvgIpc) is 2.61. The van der Waals surface area contributed by atoms with E-state index in [1.54, 1.807) is 39.0 Å². The fraction of sp³-hybridized carbons (Fsp3) is 0.650. The first-order chi connectivity index (χ1) is 12.8. The van der Waals surface area contributed by atoms with Crippen molar-refractivity contribution in [2.45, 2.75) is 52.9 Å². The number of anilines is 1. The zero-order valence-electron chi connectivity index (χ0n) is 16.9. The number of rotatable bonds is 11. The molecule has 154 valence electrons. The lowest BCUT2D eigenvalue weighted by Gasteiger charge is -2.28. The lowest BCUT2D eigenvalue weighted by Crippen LogP contribution is -2.39. The Morgan fingerprint density at radius 1 is 0.963 bits per heavy atom. The molecule has 0 heterocycles. The second-order valence-electron chi connectivity index (χ2n) is 7.18. The van der Waals surface area contributed by atoms with Crippen LogP contribution in [-0.2, 0) is 27.4 Å². The van der Waals surface area contributed by atoms with Crippen molar-refractivity contribution in [1.82, 2.24) is 0 Å². The number of benzene rings is 1. The number of nitrogens with zero attached hydrogens (tertiary/aromatic N) is 1. The van der Waals surface area contributed by atoms with Crippen molar-refractivity contribution in [2.24, 2.45) is 0 Å². The monoisotopic (exact) mass is 383 g/mol. The third-order valence-electron chi connectivity index (χ3n) is 3.51. The first-order valence-corrected chi connectivity index (χ1v) is 9.31. The molecule has 7 nitrogen and oxygen atoms in total. The molecule has 1 amide bonds. The largest absolute Gasteiger partial charge is 0.443 e. The molecule has 1 rings (SSSR count). The Morgan fingerprint density at radius 2 is 1.52 bits per heavy atom. The predicted molar refractivity (Wildman–Crippen MR) is 104 cm³/mol. The maximum Gasteiger partial charge on any atom is 0.414 e. The maximum absolute atomic E-state index is 12.7. The molecule has 0 atom stereocenters. The smallest absolute Gasteiger partial charge is 0.414 e. The SMILES string of the molecule is CCCOCCOCCN(C(=O)OC(C)(C)C)c1cc(CO)cc(CO)c1. The first kappa shape index (κ1) is 23.4. The molecule has 0 saturated carbocycles. The van der Waals surface area contributed by atoms with Crippen molar-refractivity contribution in [3.05, 3.63) is 29.3 Å². The fourth-order valence-corrected chi connectivity index (χ4v) is 2.35. The number of hydrogen-bond donors (Lipinski definition) is 2. The molecule has 0 radical (unpaired) electrons. The zero-order valence-corrected chi connectivity index (χ0v) is 16.9. The fourth-order valence-electron chi connectivity index (χ4n) is 2.35. The van der Waals surface area contributed by atoms with Crippen LogP contribution in [0.15, 0.2) is 18.2 Å². The van der Waals surface area contributed by atoms with Gasteiger partial charge in [-0.25, -0.2) is 4.79 Å². The number of carbonyl (C=O) groups excluding carboxylic acids is 1. The Hall–Kier alpha value is -1.67. The summed E-state index contributed by atoms with van der Waals surface area (Å²) in [5.74, 6) is 0. The highest BCUT2D eigenvalue weighted by Crippen LogP contribution is 2.22. The number of amides is 1. The van der Waals surface area contributed by atoms with E-state index in [1.165, 1.54) is 4.90 Å². The van der Waals surface area contributed by atoms with Crippen molar-refractivity contribution in [2.75, 3.05) is 37.9 Å². The van der Waals surface area contributed by atoms with Crippen LogP contribution in [0.2, 0.25) is 0 Å². The minimum Gasteiger partial charge on any atom is -0.443 e. The van der Waals surface area contributed by atoms with Gasteiger partial charge in [-0.05, 0) is 50.5 Å². The van der Waals surface area contributed by atoms with Crippen LogP contribution in [0.4, 0.5) is 10.5 Å². The highest BCUT2D eigenvalue weighted by molar-refractivity contribution is 5.88. The molecule has 27 heavy (non-hydrogen) atoms. The lowest BCUT2D eigenvalue weighted by atomic mass is 10.1. The highest BCUT2D eigenvalue weighted by Gasteiger charge is 2.24. The van der Waals surface area contributed by atoms with Crippen molar-refractivity contribution < 1.29 is 29.2 Å². The molecule has 0 saturated heterocycles. The van der Waals surface area contributed by atoms with Gasteiger partial charge in [0.2, 0.25) is 0 Å². The molecule has 0 fully saturated rings. The van der Waals surface area contributed by atoms with Crippen LogP contribution in [0, 0.1) is 0 Å². The Kier molecular flexibility index (Phi) is 10.3. The normalized spacial score (nSPS) is 11.5. The number of carbonyl (C=O) groups is 1. The summed E-state index contributed by atoms with van der Waals surface area (Å²) < 4.78 is 16.4. The molecular weight excluding hydrogens is 350 g/mol. The quantitative estimate of drug-likeness (QED) is 0.571. The number of hydrogen-bond acceptors (Lipinski definition) is 6. The molecule has 1 aromatic carbocycles. The minimum atomic E-state index is -0.640. The van der Waals surface area contributed by atoms with Gasteiger partial charge in [0, 0.05) is 12.3 Å². The van der Waals surface area contributed by atoms with Crippen LogP contribution in [0.3, 0.4) is 0 Å². The van der Waals surface area contributed by atoms with Gasteiger partial charge in [-0.3, -0.25) is 4.90 Å². The third kappa shape index (κ3) is 9.19. The van der Waals surface area contributed by atoms with Crippen LogP contribution in [0.1, 0.15) is 45.2 Å².